The van der Waals surface area contributed by atoms with E-state index in [9.17, 15) is 0 Å². The maximum absolute atomic E-state index is 4.59. The summed E-state index contributed by atoms with van der Waals surface area (Å²) in [6.45, 7) is 1.01. The molecule has 1 aromatic carbocycles. The summed E-state index contributed by atoms with van der Waals surface area (Å²) in [5, 5.41) is 7.95. The first-order chi connectivity index (χ1) is 7.77. The van der Waals surface area contributed by atoms with Crippen LogP contribution >= 0.6 is 15.9 Å². The van der Waals surface area contributed by atoms with Crippen molar-refractivity contribution in [1.82, 2.24) is 9.78 Å². The van der Waals surface area contributed by atoms with Gasteiger partial charge >= 0.3 is 0 Å². The molecule has 1 aromatic heterocycles. The molecule has 2 heterocycles. The largest absolute Gasteiger partial charge is 0.370 e. The highest BCUT2D eigenvalue weighted by atomic mass is 79.9. The Morgan fingerprint density at radius 2 is 2.19 bits per heavy atom. The number of hydrogen-bond donors (Lipinski definition) is 1. The fraction of sp³-hybridized carbons (Fsp3) is 0.250. The van der Waals surface area contributed by atoms with Crippen LogP contribution in [0.25, 0.3) is 11.3 Å². The molecule has 1 aliphatic heterocycles. The zero-order valence-corrected chi connectivity index (χ0v) is 10.6. The van der Waals surface area contributed by atoms with Gasteiger partial charge in [-0.05, 0) is 12.5 Å². The summed E-state index contributed by atoms with van der Waals surface area (Å²) in [6.07, 6.45) is 1.06. The van der Waals surface area contributed by atoms with Crippen LogP contribution < -0.4 is 5.32 Å². The summed E-state index contributed by atoms with van der Waals surface area (Å²) in [4.78, 5) is 0. The predicted molar refractivity (Wildman–Crippen MR) is 68.5 cm³/mol. The van der Waals surface area contributed by atoms with Crippen LogP contribution in [0.1, 0.15) is 5.56 Å². The molecule has 0 aliphatic carbocycles. The summed E-state index contributed by atoms with van der Waals surface area (Å²) in [5.41, 5.74) is 3.59. The number of benzene rings is 1. The third-order valence-corrected chi connectivity index (χ3v) is 3.63. The molecule has 0 atom stereocenters. The van der Waals surface area contributed by atoms with Crippen LogP contribution in [0, 0.1) is 0 Å². The number of nitrogens with zero attached hydrogens (tertiary/aromatic N) is 2. The minimum atomic E-state index is 1.01. The summed E-state index contributed by atoms with van der Waals surface area (Å²) >= 11 is 3.58. The van der Waals surface area contributed by atoms with E-state index in [1.165, 1.54) is 11.1 Å². The van der Waals surface area contributed by atoms with E-state index in [-0.39, 0.29) is 0 Å². The van der Waals surface area contributed by atoms with Gasteiger partial charge in [0, 0.05) is 29.2 Å². The molecule has 0 saturated heterocycles. The lowest BCUT2D eigenvalue weighted by molar-refractivity contribution is 0.775. The maximum atomic E-state index is 4.59. The molecule has 2 aromatic rings. The molecular weight excluding hydrogens is 266 g/mol. The van der Waals surface area contributed by atoms with Crippen molar-refractivity contribution in [3.63, 3.8) is 0 Å². The van der Waals surface area contributed by atoms with Crippen molar-refractivity contribution in [2.75, 3.05) is 11.9 Å². The normalized spacial score (nSPS) is 13.6. The lowest BCUT2D eigenvalue weighted by atomic mass is 10.1. The van der Waals surface area contributed by atoms with Crippen molar-refractivity contribution >= 4 is 21.7 Å². The van der Waals surface area contributed by atoms with Crippen LogP contribution in [-0.4, -0.2) is 16.3 Å². The van der Waals surface area contributed by atoms with Crippen LogP contribution in [-0.2, 0) is 13.5 Å². The van der Waals surface area contributed by atoms with Gasteiger partial charge in [0.1, 0.15) is 5.82 Å². The standard InChI is InChI=1S/C12H12BrN3/c1-16-12-9(6-7-14-12)11(15-16)8-4-2-3-5-10(8)13/h2-5,14H,6-7H2,1H3. The van der Waals surface area contributed by atoms with E-state index < -0.39 is 0 Å². The summed E-state index contributed by atoms with van der Waals surface area (Å²) in [5.74, 6) is 1.16. The van der Waals surface area contributed by atoms with Crippen molar-refractivity contribution in [2.24, 2.45) is 7.05 Å². The molecule has 0 spiro atoms. The molecule has 0 radical (unpaired) electrons. The molecule has 0 unspecified atom stereocenters. The first kappa shape index (κ1) is 9.90. The maximum Gasteiger partial charge on any atom is 0.127 e. The van der Waals surface area contributed by atoms with Gasteiger partial charge in [-0.15, -0.1) is 0 Å². The monoisotopic (exact) mass is 277 g/mol. The summed E-state index contributed by atoms with van der Waals surface area (Å²) < 4.78 is 3.03. The summed E-state index contributed by atoms with van der Waals surface area (Å²) in [7, 11) is 1.98. The van der Waals surface area contributed by atoms with E-state index in [1.54, 1.807) is 0 Å². The Bertz CT molecular complexity index is 545. The number of aryl methyl sites for hydroxylation is 1. The fourth-order valence-electron chi connectivity index (χ4n) is 2.20. The zero-order valence-electron chi connectivity index (χ0n) is 9.00. The number of hydrogen-bond acceptors (Lipinski definition) is 2. The minimum absolute atomic E-state index is 1.01. The van der Waals surface area contributed by atoms with Crippen molar-refractivity contribution in [2.45, 2.75) is 6.42 Å². The quantitative estimate of drug-likeness (QED) is 0.869. The highest BCUT2D eigenvalue weighted by molar-refractivity contribution is 9.10. The van der Waals surface area contributed by atoms with Crippen molar-refractivity contribution in [3.8, 4) is 11.3 Å². The highest BCUT2D eigenvalue weighted by Gasteiger charge is 2.22. The second kappa shape index (κ2) is 3.63. The van der Waals surface area contributed by atoms with Gasteiger partial charge in [-0.3, -0.25) is 4.68 Å². The molecular formula is C12H12BrN3. The second-order valence-corrected chi connectivity index (χ2v) is 4.81. The number of rotatable bonds is 1. The van der Waals surface area contributed by atoms with Crippen molar-refractivity contribution in [1.29, 1.82) is 0 Å². The Balaban J connectivity index is 2.21. The van der Waals surface area contributed by atoms with Gasteiger partial charge < -0.3 is 5.32 Å². The first-order valence-corrected chi connectivity index (χ1v) is 6.11. The molecule has 1 aliphatic rings. The van der Waals surface area contributed by atoms with Gasteiger partial charge in [-0.1, -0.05) is 34.1 Å². The third kappa shape index (κ3) is 1.37. The lowest BCUT2D eigenvalue weighted by Gasteiger charge is -2.01. The molecule has 4 heteroatoms. The summed E-state index contributed by atoms with van der Waals surface area (Å²) in [6, 6.07) is 8.22. The number of nitrogens with one attached hydrogen (secondary N) is 1. The van der Waals surface area contributed by atoms with Crippen molar-refractivity contribution in [3.05, 3.63) is 34.3 Å². The van der Waals surface area contributed by atoms with Crippen LogP contribution in [0.3, 0.4) is 0 Å². The van der Waals surface area contributed by atoms with Gasteiger partial charge in [0.2, 0.25) is 0 Å². The third-order valence-electron chi connectivity index (χ3n) is 2.94. The van der Waals surface area contributed by atoms with Crippen LogP contribution in [0.5, 0.6) is 0 Å². The van der Waals surface area contributed by atoms with E-state index in [0.717, 1.165) is 29.0 Å². The van der Waals surface area contributed by atoms with Gasteiger partial charge in [0.25, 0.3) is 0 Å². The number of aromatic nitrogens is 2. The number of halogens is 1. The zero-order chi connectivity index (χ0) is 11.1. The SMILES string of the molecule is Cn1nc(-c2ccccc2Br)c2c1NCC2. The average molecular weight is 278 g/mol. The van der Waals surface area contributed by atoms with E-state index in [2.05, 4.69) is 38.5 Å². The second-order valence-electron chi connectivity index (χ2n) is 3.96. The van der Waals surface area contributed by atoms with E-state index in [0.29, 0.717) is 0 Å². The van der Waals surface area contributed by atoms with Gasteiger partial charge in [0.15, 0.2) is 0 Å². The van der Waals surface area contributed by atoms with E-state index in [1.807, 2.05) is 23.9 Å². The van der Waals surface area contributed by atoms with E-state index in [4.69, 9.17) is 0 Å². The van der Waals surface area contributed by atoms with Crippen LogP contribution in [0.15, 0.2) is 28.7 Å². The fourth-order valence-corrected chi connectivity index (χ4v) is 2.67. The molecule has 0 bridgehead atoms. The molecule has 1 N–H and O–H groups in total. The average Bonchev–Trinajstić information content (AvgIpc) is 2.84. The molecule has 0 amide bonds. The Morgan fingerprint density at radius 1 is 1.38 bits per heavy atom. The first-order valence-electron chi connectivity index (χ1n) is 5.32. The topological polar surface area (TPSA) is 29.9 Å². The highest BCUT2D eigenvalue weighted by Crippen LogP contribution is 2.35. The Labute approximate surface area is 103 Å². The minimum Gasteiger partial charge on any atom is -0.370 e. The van der Waals surface area contributed by atoms with Gasteiger partial charge in [-0.2, -0.15) is 5.10 Å². The number of anilines is 1. The van der Waals surface area contributed by atoms with E-state index >= 15 is 0 Å². The van der Waals surface area contributed by atoms with Crippen LogP contribution in [0.2, 0.25) is 0 Å². The van der Waals surface area contributed by atoms with Crippen molar-refractivity contribution < 1.29 is 0 Å². The molecule has 16 heavy (non-hydrogen) atoms. The molecule has 0 saturated carbocycles. The van der Waals surface area contributed by atoms with Gasteiger partial charge in [0.05, 0.1) is 5.69 Å². The molecule has 82 valence electrons. The molecule has 0 fully saturated rings. The smallest absolute Gasteiger partial charge is 0.127 e. The van der Waals surface area contributed by atoms with Crippen LogP contribution in [0.4, 0.5) is 5.82 Å². The Morgan fingerprint density at radius 3 is 3.00 bits per heavy atom. The number of fused-ring (bicyclic) bond motifs is 1. The molecule has 3 rings (SSSR count). The lowest BCUT2D eigenvalue weighted by Crippen LogP contribution is -2.01. The Kier molecular flexibility index (Phi) is 2.24. The Hall–Kier alpha value is -1.29. The predicted octanol–water partition coefficient (Wildman–Crippen LogP) is 2.82. The van der Waals surface area contributed by atoms with Gasteiger partial charge in [-0.25, -0.2) is 0 Å². The molecule has 3 nitrogen and oxygen atoms in total.